The second-order valence-corrected chi connectivity index (χ2v) is 6.84. The lowest BCUT2D eigenvalue weighted by Gasteiger charge is -2.38. The molecule has 2 fully saturated rings. The summed E-state index contributed by atoms with van der Waals surface area (Å²) in [6.07, 6.45) is 2.37. The minimum atomic E-state index is -0.210. The van der Waals surface area contributed by atoms with Gasteiger partial charge in [0.1, 0.15) is 6.04 Å². The van der Waals surface area contributed by atoms with Gasteiger partial charge < -0.3 is 16.0 Å². The van der Waals surface area contributed by atoms with Gasteiger partial charge in [0.2, 0.25) is 5.91 Å². The number of rotatable bonds is 6. The van der Waals surface area contributed by atoms with Crippen LogP contribution < -0.4 is 11.1 Å². The van der Waals surface area contributed by atoms with Gasteiger partial charge in [-0.3, -0.25) is 9.69 Å². The molecule has 1 aliphatic carbocycles. The van der Waals surface area contributed by atoms with Crippen LogP contribution in [0.2, 0.25) is 0 Å². The Labute approximate surface area is 138 Å². The van der Waals surface area contributed by atoms with Gasteiger partial charge in [-0.1, -0.05) is 30.3 Å². The van der Waals surface area contributed by atoms with Gasteiger partial charge >= 0.3 is 0 Å². The molecule has 1 amide bonds. The van der Waals surface area contributed by atoms with Crippen LogP contribution in [0.5, 0.6) is 0 Å². The van der Waals surface area contributed by atoms with E-state index >= 15 is 0 Å². The van der Waals surface area contributed by atoms with Crippen LogP contribution in [0.25, 0.3) is 0 Å². The van der Waals surface area contributed by atoms with Crippen LogP contribution >= 0.6 is 0 Å². The van der Waals surface area contributed by atoms with Crippen LogP contribution in [0.1, 0.15) is 24.4 Å². The summed E-state index contributed by atoms with van der Waals surface area (Å²) < 4.78 is 0. The second kappa shape index (κ2) is 7.43. The van der Waals surface area contributed by atoms with Crippen molar-refractivity contribution in [3.05, 3.63) is 35.9 Å². The smallest absolute Gasteiger partial charge is 0.242 e. The lowest BCUT2D eigenvalue weighted by Crippen LogP contribution is -2.52. The lowest BCUT2D eigenvalue weighted by molar-refractivity contribution is -0.128. The summed E-state index contributed by atoms with van der Waals surface area (Å²) in [4.78, 5) is 17.6. The third-order valence-electron chi connectivity index (χ3n) is 5.04. The first kappa shape index (κ1) is 16.4. The molecule has 3 N–H and O–H groups in total. The number of likely N-dealkylation sites (N-methyl/N-ethyl adjacent to an activating group) is 1. The lowest BCUT2D eigenvalue weighted by atomic mass is 10.0. The maximum atomic E-state index is 13.0. The fourth-order valence-corrected chi connectivity index (χ4v) is 3.37. The molecule has 2 atom stereocenters. The number of benzene rings is 1. The van der Waals surface area contributed by atoms with Crippen LogP contribution in [0.4, 0.5) is 0 Å². The molecule has 1 aromatic carbocycles. The zero-order chi connectivity index (χ0) is 16.2. The summed E-state index contributed by atoms with van der Waals surface area (Å²) in [5.74, 6) is 0.677. The number of piperazine rings is 1. The van der Waals surface area contributed by atoms with Crippen molar-refractivity contribution in [2.45, 2.75) is 24.9 Å². The normalized spacial score (nSPS) is 22.5. The third-order valence-corrected chi connectivity index (χ3v) is 5.04. The fraction of sp³-hybridized carbons (Fsp3) is 0.611. The number of amides is 1. The summed E-state index contributed by atoms with van der Waals surface area (Å²) in [7, 11) is 2.13. The number of hydrogen-bond acceptors (Lipinski definition) is 4. The van der Waals surface area contributed by atoms with E-state index in [1.807, 2.05) is 18.2 Å². The van der Waals surface area contributed by atoms with Crippen molar-refractivity contribution in [3.8, 4) is 0 Å². The molecule has 0 bridgehead atoms. The number of hydrogen-bond donors (Lipinski definition) is 2. The molecule has 5 nitrogen and oxygen atoms in total. The number of carbonyl (C=O) groups is 1. The minimum absolute atomic E-state index is 0.100. The molecule has 3 rings (SSSR count). The fourth-order valence-electron chi connectivity index (χ4n) is 3.37. The van der Waals surface area contributed by atoms with Crippen LogP contribution in [0.15, 0.2) is 30.3 Å². The minimum Gasteiger partial charge on any atom is -0.350 e. The Morgan fingerprint density at radius 2 is 1.87 bits per heavy atom. The Morgan fingerprint density at radius 3 is 2.43 bits per heavy atom. The summed E-state index contributed by atoms with van der Waals surface area (Å²) in [6.45, 7) is 4.36. The van der Waals surface area contributed by atoms with Crippen molar-refractivity contribution < 1.29 is 4.79 Å². The summed E-state index contributed by atoms with van der Waals surface area (Å²) >= 11 is 0. The molecular weight excluding hydrogens is 288 g/mol. The van der Waals surface area contributed by atoms with E-state index in [9.17, 15) is 4.79 Å². The van der Waals surface area contributed by atoms with E-state index in [-0.39, 0.29) is 18.0 Å². The summed E-state index contributed by atoms with van der Waals surface area (Å²) in [6, 6.07) is 10.0. The molecule has 1 heterocycles. The van der Waals surface area contributed by atoms with Crippen molar-refractivity contribution in [1.82, 2.24) is 15.1 Å². The monoisotopic (exact) mass is 316 g/mol. The van der Waals surface area contributed by atoms with Crippen molar-refractivity contribution in [2.24, 2.45) is 11.7 Å². The first-order chi connectivity index (χ1) is 11.2. The first-order valence-electron chi connectivity index (χ1n) is 8.67. The number of carbonyl (C=O) groups excluding carboxylic acids is 1. The molecule has 1 saturated heterocycles. The standard InChI is InChI=1S/C18H28N4O/c1-21-9-11-22(12-10-21)17(15-5-3-2-4-6-15)18(23)20-16(13-19)14-7-8-14/h2-6,14,16-17H,7-13,19H2,1H3,(H,20,23). The predicted molar refractivity (Wildman–Crippen MR) is 92.0 cm³/mol. The topological polar surface area (TPSA) is 61.6 Å². The van der Waals surface area contributed by atoms with Gasteiger partial charge in [-0.25, -0.2) is 0 Å². The van der Waals surface area contributed by atoms with Crippen molar-refractivity contribution >= 4 is 5.91 Å². The quantitative estimate of drug-likeness (QED) is 0.816. The van der Waals surface area contributed by atoms with E-state index in [4.69, 9.17) is 5.73 Å². The third kappa shape index (κ3) is 4.10. The van der Waals surface area contributed by atoms with Crippen LogP contribution in [0, 0.1) is 5.92 Å². The molecule has 126 valence electrons. The molecule has 0 aromatic heterocycles. The maximum Gasteiger partial charge on any atom is 0.242 e. The number of nitrogens with one attached hydrogen (secondary N) is 1. The highest BCUT2D eigenvalue weighted by atomic mass is 16.2. The molecule has 5 heteroatoms. The van der Waals surface area contributed by atoms with Gasteiger partial charge in [0.15, 0.2) is 0 Å². The highest BCUT2D eigenvalue weighted by molar-refractivity contribution is 5.83. The van der Waals surface area contributed by atoms with Crippen molar-refractivity contribution in [3.63, 3.8) is 0 Å². The molecule has 0 spiro atoms. The number of nitrogens with two attached hydrogens (primary N) is 1. The zero-order valence-electron chi connectivity index (χ0n) is 13.9. The molecule has 0 radical (unpaired) electrons. The van der Waals surface area contributed by atoms with E-state index in [0.717, 1.165) is 31.7 Å². The summed E-state index contributed by atoms with van der Waals surface area (Å²) in [5.41, 5.74) is 6.93. The van der Waals surface area contributed by atoms with E-state index in [2.05, 4.69) is 34.3 Å². The Kier molecular flexibility index (Phi) is 5.30. The Bertz CT molecular complexity index is 509. The molecule has 2 aliphatic rings. The highest BCUT2D eigenvalue weighted by Gasteiger charge is 2.35. The van der Waals surface area contributed by atoms with E-state index in [1.165, 1.54) is 12.8 Å². The van der Waals surface area contributed by atoms with E-state index in [1.54, 1.807) is 0 Å². The maximum absolute atomic E-state index is 13.0. The Morgan fingerprint density at radius 1 is 1.22 bits per heavy atom. The average molecular weight is 316 g/mol. The van der Waals surface area contributed by atoms with Crippen molar-refractivity contribution in [1.29, 1.82) is 0 Å². The average Bonchev–Trinajstić information content (AvgIpc) is 3.40. The van der Waals surface area contributed by atoms with E-state index < -0.39 is 0 Å². The van der Waals surface area contributed by atoms with E-state index in [0.29, 0.717) is 12.5 Å². The molecule has 1 aliphatic heterocycles. The largest absolute Gasteiger partial charge is 0.350 e. The Hall–Kier alpha value is -1.43. The van der Waals surface area contributed by atoms with Crippen molar-refractivity contribution in [2.75, 3.05) is 39.8 Å². The predicted octanol–water partition coefficient (Wildman–Crippen LogP) is 0.829. The first-order valence-corrected chi connectivity index (χ1v) is 8.67. The second-order valence-electron chi connectivity index (χ2n) is 6.84. The van der Waals surface area contributed by atoms with Gasteiger partial charge in [0, 0.05) is 38.8 Å². The molecule has 1 aromatic rings. The van der Waals surface area contributed by atoms with Gasteiger partial charge in [0.05, 0.1) is 0 Å². The zero-order valence-corrected chi connectivity index (χ0v) is 13.9. The molecular formula is C18H28N4O. The number of nitrogens with zero attached hydrogens (tertiary/aromatic N) is 2. The van der Waals surface area contributed by atoms with Gasteiger partial charge in [-0.15, -0.1) is 0 Å². The SMILES string of the molecule is CN1CCN(C(C(=O)NC(CN)C2CC2)c2ccccc2)CC1. The van der Waals surface area contributed by atoms with Crippen LogP contribution in [0.3, 0.4) is 0 Å². The molecule has 23 heavy (non-hydrogen) atoms. The van der Waals surface area contributed by atoms with Crippen LogP contribution in [-0.2, 0) is 4.79 Å². The van der Waals surface area contributed by atoms with Gasteiger partial charge in [-0.2, -0.15) is 0 Å². The molecule has 1 saturated carbocycles. The molecule has 2 unspecified atom stereocenters. The van der Waals surface area contributed by atoms with Gasteiger partial charge in [-0.05, 0) is 31.4 Å². The Balaban J connectivity index is 1.75. The van der Waals surface area contributed by atoms with Crippen LogP contribution in [-0.4, -0.2) is 61.5 Å². The summed E-state index contributed by atoms with van der Waals surface area (Å²) in [5, 5.41) is 3.22. The highest BCUT2D eigenvalue weighted by Crippen LogP contribution is 2.33. The van der Waals surface area contributed by atoms with Gasteiger partial charge in [0.25, 0.3) is 0 Å².